The maximum atomic E-state index is 13.8. The van der Waals surface area contributed by atoms with Gasteiger partial charge in [0.1, 0.15) is 11.5 Å². The Hall–Kier alpha value is -4.08. The summed E-state index contributed by atoms with van der Waals surface area (Å²) in [5.41, 5.74) is 1.71. The van der Waals surface area contributed by atoms with E-state index in [9.17, 15) is 24.5 Å². The first-order valence-electron chi connectivity index (χ1n) is 10.5. The highest BCUT2D eigenvalue weighted by Gasteiger charge is 2.38. The molecule has 174 valence electrons. The van der Waals surface area contributed by atoms with Crippen molar-refractivity contribution in [3.05, 3.63) is 103 Å². The number of amides is 3. The number of non-ortho nitro benzene ring substituents is 1. The second-order valence-electron chi connectivity index (χ2n) is 7.93. The summed E-state index contributed by atoms with van der Waals surface area (Å²) in [6.45, 7) is 1.49. The highest BCUT2D eigenvalue weighted by molar-refractivity contribution is 7.21. The van der Waals surface area contributed by atoms with E-state index in [2.05, 4.69) is 0 Å². The normalized spacial score (nSPS) is 12.8. The molecule has 5 rings (SSSR count). The van der Waals surface area contributed by atoms with E-state index in [1.807, 2.05) is 19.1 Å². The Morgan fingerprint density at radius 1 is 1.03 bits per heavy atom. The summed E-state index contributed by atoms with van der Waals surface area (Å²) in [5.74, 6) is -1.50. The fourth-order valence-corrected chi connectivity index (χ4v) is 5.55. The average molecular weight is 506 g/mol. The molecule has 3 aromatic carbocycles. The van der Waals surface area contributed by atoms with Crippen molar-refractivity contribution in [1.29, 1.82) is 0 Å². The number of carbonyl (C=O) groups is 3. The van der Waals surface area contributed by atoms with Crippen LogP contribution in [0.2, 0.25) is 5.02 Å². The van der Waals surface area contributed by atoms with Crippen LogP contribution in [0, 0.1) is 17.0 Å². The third kappa shape index (κ3) is 3.74. The van der Waals surface area contributed by atoms with Crippen LogP contribution in [-0.2, 0) is 0 Å². The van der Waals surface area contributed by atoms with E-state index in [4.69, 9.17) is 11.6 Å². The molecule has 0 saturated heterocycles. The number of imide groups is 1. The number of anilines is 1. The molecule has 0 fully saturated rings. The maximum Gasteiger partial charge on any atom is 0.271 e. The summed E-state index contributed by atoms with van der Waals surface area (Å²) < 4.78 is 0.484. The van der Waals surface area contributed by atoms with E-state index >= 15 is 0 Å². The van der Waals surface area contributed by atoms with Crippen molar-refractivity contribution in [3.63, 3.8) is 0 Å². The first kappa shape index (κ1) is 22.7. The number of fused-ring (bicyclic) bond motifs is 2. The Labute approximate surface area is 208 Å². The molecule has 0 spiro atoms. The minimum absolute atomic E-state index is 0.115. The van der Waals surface area contributed by atoms with Gasteiger partial charge in [-0.05, 0) is 36.8 Å². The zero-order chi connectivity index (χ0) is 24.9. The number of nitro groups is 1. The fraction of sp³-hybridized carbons (Fsp3) is 0.0800. The predicted molar refractivity (Wildman–Crippen MR) is 133 cm³/mol. The van der Waals surface area contributed by atoms with Crippen LogP contribution in [0.15, 0.2) is 66.7 Å². The van der Waals surface area contributed by atoms with Crippen molar-refractivity contribution >= 4 is 62.1 Å². The van der Waals surface area contributed by atoms with Crippen LogP contribution in [0.25, 0.3) is 10.1 Å². The topological polar surface area (TPSA) is 101 Å². The van der Waals surface area contributed by atoms with Gasteiger partial charge in [0.2, 0.25) is 0 Å². The lowest BCUT2D eigenvalue weighted by Crippen LogP contribution is -2.44. The summed E-state index contributed by atoms with van der Waals surface area (Å²) >= 11 is 7.57. The number of nitrogens with zero attached hydrogens (tertiary/aromatic N) is 3. The number of para-hydroxylation sites is 1. The molecule has 3 amide bonds. The van der Waals surface area contributed by atoms with E-state index in [0.717, 1.165) is 21.8 Å². The molecule has 8 nitrogen and oxygen atoms in total. The molecule has 0 aliphatic carbocycles. The number of aryl methyl sites for hydroxylation is 1. The molecule has 1 aliphatic rings. The van der Waals surface area contributed by atoms with Gasteiger partial charge in [0.05, 0.1) is 21.1 Å². The second-order valence-corrected chi connectivity index (χ2v) is 9.36. The van der Waals surface area contributed by atoms with Gasteiger partial charge in [-0.1, -0.05) is 41.9 Å². The van der Waals surface area contributed by atoms with Crippen molar-refractivity contribution in [2.45, 2.75) is 6.92 Å². The van der Waals surface area contributed by atoms with Crippen molar-refractivity contribution in [3.8, 4) is 0 Å². The van der Waals surface area contributed by atoms with Crippen LogP contribution in [0.3, 0.4) is 0 Å². The van der Waals surface area contributed by atoms with Gasteiger partial charge in [-0.3, -0.25) is 34.3 Å². The highest BCUT2D eigenvalue weighted by atomic mass is 35.5. The van der Waals surface area contributed by atoms with Crippen molar-refractivity contribution in [2.75, 3.05) is 11.6 Å². The summed E-state index contributed by atoms with van der Waals surface area (Å²) in [4.78, 5) is 53.0. The quantitative estimate of drug-likeness (QED) is 0.197. The Morgan fingerprint density at radius 3 is 2.29 bits per heavy atom. The van der Waals surface area contributed by atoms with Crippen LogP contribution in [0.4, 0.5) is 11.4 Å². The molecule has 0 atom stereocenters. The summed E-state index contributed by atoms with van der Waals surface area (Å²) in [6.07, 6.45) is 0. The van der Waals surface area contributed by atoms with Crippen LogP contribution in [0.1, 0.15) is 36.0 Å². The fourth-order valence-electron chi connectivity index (χ4n) is 4.05. The molecule has 0 radical (unpaired) electrons. The first-order chi connectivity index (χ1) is 16.8. The van der Waals surface area contributed by atoms with E-state index in [0.29, 0.717) is 15.8 Å². The van der Waals surface area contributed by atoms with Crippen LogP contribution in [-0.4, -0.2) is 34.2 Å². The smallest absolute Gasteiger partial charge is 0.271 e. The lowest BCUT2D eigenvalue weighted by molar-refractivity contribution is -0.384. The van der Waals surface area contributed by atoms with Crippen LogP contribution in [0.5, 0.6) is 0 Å². The van der Waals surface area contributed by atoms with Gasteiger partial charge in [0.15, 0.2) is 0 Å². The SMILES string of the molecule is Cc1ccccc1N(CN1C(=O)c2ccccc2C1=O)C(=O)c1sc2cc([N+](=O)[O-])ccc2c1Cl. The monoisotopic (exact) mass is 505 g/mol. The number of halogens is 1. The van der Waals surface area contributed by atoms with Crippen molar-refractivity contribution < 1.29 is 19.3 Å². The maximum absolute atomic E-state index is 13.8. The summed E-state index contributed by atoms with van der Waals surface area (Å²) in [7, 11) is 0. The molecule has 0 bridgehead atoms. The Bertz CT molecular complexity index is 1530. The standard InChI is InChI=1S/C25H16ClN3O5S/c1-14-6-2-5-9-19(14)27(13-28-23(30)16-7-3-4-8-17(16)24(28)31)25(32)22-21(26)18-11-10-15(29(33)34)12-20(18)35-22/h2-12H,13H2,1H3. The first-order valence-corrected chi connectivity index (χ1v) is 11.7. The molecule has 10 heteroatoms. The number of hydrogen-bond acceptors (Lipinski definition) is 6. The molecule has 1 aromatic heterocycles. The van der Waals surface area contributed by atoms with E-state index in [1.165, 1.54) is 23.1 Å². The molecule has 0 N–H and O–H groups in total. The molecule has 4 aromatic rings. The zero-order valence-corrected chi connectivity index (χ0v) is 19.8. The highest BCUT2D eigenvalue weighted by Crippen LogP contribution is 2.39. The number of thiophene rings is 1. The van der Waals surface area contributed by atoms with E-state index in [1.54, 1.807) is 36.4 Å². The number of nitro benzene ring substituents is 1. The van der Waals surface area contributed by atoms with Gasteiger partial charge in [0.25, 0.3) is 23.4 Å². The number of hydrogen-bond donors (Lipinski definition) is 0. The molecular weight excluding hydrogens is 490 g/mol. The Morgan fingerprint density at radius 2 is 1.66 bits per heavy atom. The van der Waals surface area contributed by atoms with E-state index in [-0.39, 0.29) is 33.4 Å². The molecule has 0 unspecified atom stereocenters. The summed E-state index contributed by atoms with van der Waals surface area (Å²) in [6, 6.07) is 17.8. The second kappa shape index (κ2) is 8.61. The van der Waals surface area contributed by atoms with Gasteiger partial charge >= 0.3 is 0 Å². The Kier molecular flexibility index (Phi) is 5.58. The Balaban J connectivity index is 1.59. The zero-order valence-electron chi connectivity index (χ0n) is 18.2. The minimum atomic E-state index is -0.523. The summed E-state index contributed by atoms with van der Waals surface area (Å²) in [5, 5.41) is 11.9. The van der Waals surface area contributed by atoms with Crippen molar-refractivity contribution in [2.24, 2.45) is 0 Å². The lowest BCUT2D eigenvalue weighted by Gasteiger charge is -2.28. The van der Waals surface area contributed by atoms with Crippen molar-refractivity contribution in [1.82, 2.24) is 4.90 Å². The lowest BCUT2D eigenvalue weighted by atomic mass is 10.1. The van der Waals surface area contributed by atoms with Gasteiger partial charge in [-0.15, -0.1) is 11.3 Å². The van der Waals surface area contributed by atoms with Gasteiger partial charge < -0.3 is 0 Å². The van der Waals surface area contributed by atoms with Gasteiger partial charge in [0, 0.05) is 27.9 Å². The van der Waals surface area contributed by atoms with Crippen LogP contribution >= 0.6 is 22.9 Å². The predicted octanol–water partition coefficient (Wildman–Crippen LogP) is 5.67. The molecular formula is C25H16ClN3O5S. The number of rotatable bonds is 5. The molecule has 2 heterocycles. The molecule has 0 saturated carbocycles. The molecule has 1 aliphatic heterocycles. The van der Waals surface area contributed by atoms with E-state index < -0.39 is 22.6 Å². The molecule has 35 heavy (non-hydrogen) atoms. The largest absolute Gasteiger partial charge is 0.289 e. The average Bonchev–Trinajstić information content (AvgIpc) is 3.31. The number of benzene rings is 3. The number of carbonyl (C=O) groups excluding carboxylic acids is 3. The van der Waals surface area contributed by atoms with Crippen LogP contribution < -0.4 is 4.90 Å². The minimum Gasteiger partial charge on any atom is -0.289 e. The third-order valence-electron chi connectivity index (χ3n) is 5.83. The third-order valence-corrected chi connectivity index (χ3v) is 7.48. The van der Waals surface area contributed by atoms with Gasteiger partial charge in [-0.2, -0.15) is 0 Å². The van der Waals surface area contributed by atoms with Gasteiger partial charge in [-0.25, -0.2) is 0 Å².